The average Bonchev–Trinajstić information content (AvgIpc) is 2.74. The normalized spacial score (nSPS) is 11.4. The van der Waals surface area contributed by atoms with Gasteiger partial charge in [-0.25, -0.2) is 18.4 Å². The smallest absolute Gasteiger partial charge is 0.263 e. The molecule has 0 spiro atoms. The van der Waals surface area contributed by atoms with E-state index in [1.165, 1.54) is 18.6 Å². The number of pyridine rings is 1. The lowest BCUT2D eigenvalue weighted by atomic mass is 10.00. The molecule has 0 saturated heterocycles. The van der Waals surface area contributed by atoms with E-state index in [-0.39, 0.29) is 10.7 Å². The molecule has 0 radical (unpaired) electrons. The van der Waals surface area contributed by atoms with Crippen molar-refractivity contribution in [2.75, 3.05) is 11.8 Å². The van der Waals surface area contributed by atoms with E-state index in [0.29, 0.717) is 0 Å². The molecule has 0 aliphatic carbocycles. The molecular formula is C21H18N4O3S. The van der Waals surface area contributed by atoms with Crippen LogP contribution in [0.3, 0.4) is 0 Å². The summed E-state index contributed by atoms with van der Waals surface area (Å²) in [5, 5.41) is 1.62. The standard InChI is InChI=1S/C21H18N4O3S/c1-14-3-4-16(28-2)12-19(14)21-18-6-5-17(11-15(18)7-10-23-21)29(26,27)25-20-8-9-22-13-24-20/h3-13H,1-2H3,(H,22,24,25). The third-order valence-corrected chi connectivity index (χ3v) is 5.92. The summed E-state index contributed by atoms with van der Waals surface area (Å²) >= 11 is 0. The number of nitrogens with zero attached hydrogens (tertiary/aromatic N) is 3. The number of fused-ring (bicyclic) bond motifs is 1. The average molecular weight is 406 g/mol. The number of methoxy groups -OCH3 is 1. The molecule has 0 atom stereocenters. The highest BCUT2D eigenvalue weighted by molar-refractivity contribution is 7.92. The summed E-state index contributed by atoms with van der Waals surface area (Å²) in [6.07, 6.45) is 4.43. The predicted octanol–water partition coefficient (Wildman–Crippen LogP) is 3.81. The van der Waals surface area contributed by atoms with E-state index < -0.39 is 10.0 Å². The van der Waals surface area contributed by atoms with Gasteiger partial charge in [-0.3, -0.25) is 9.71 Å². The van der Waals surface area contributed by atoms with Crippen LogP contribution in [0.1, 0.15) is 5.56 Å². The van der Waals surface area contributed by atoms with Crippen LogP contribution < -0.4 is 9.46 Å². The van der Waals surface area contributed by atoms with E-state index in [2.05, 4.69) is 19.7 Å². The van der Waals surface area contributed by atoms with Crippen LogP contribution in [0.15, 0.2) is 72.1 Å². The molecule has 0 fully saturated rings. The first-order chi connectivity index (χ1) is 14.0. The molecule has 0 aliphatic rings. The molecule has 4 aromatic rings. The molecule has 0 aliphatic heterocycles. The lowest BCUT2D eigenvalue weighted by Gasteiger charge is -2.12. The van der Waals surface area contributed by atoms with Gasteiger partial charge >= 0.3 is 0 Å². The minimum Gasteiger partial charge on any atom is -0.497 e. The van der Waals surface area contributed by atoms with Crippen LogP contribution >= 0.6 is 0 Å². The zero-order valence-electron chi connectivity index (χ0n) is 15.8. The van der Waals surface area contributed by atoms with Crippen molar-refractivity contribution in [3.8, 4) is 17.0 Å². The quantitative estimate of drug-likeness (QED) is 0.542. The topological polar surface area (TPSA) is 94.1 Å². The largest absolute Gasteiger partial charge is 0.497 e. The zero-order valence-corrected chi connectivity index (χ0v) is 16.6. The molecule has 2 aromatic carbocycles. The van der Waals surface area contributed by atoms with Crippen molar-refractivity contribution < 1.29 is 13.2 Å². The Morgan fingerprint density at radius 3 is 2.59 bits per heavy atom. The summed E-state index contributed by atoms with van der Waals surface area (Å²) in [6.45, 7) is 2.00. The molecule has 2 aromatic heterocycles. The van der Waals surface area contributed by atoms with E-state index in [1.807, 2.05) is 25.1 Å². The maximum Gasteiger partial charge on any atom is 0.263 e. The number of hydrogen-bond acceptors (Lipinski definition) is 6. The molecule has 0 unspecified atom stereocenters. The van der Waals surface area contributed by atoms with Gasteiger partial charge in [0.15, 0.2) is 0 Å². The number of sulfonamides is 1. The van der Waals surface area contributed by atoms with Gasteiger partial charge in [0, 0.05) is 23.3 Å². The van der Waals surface area contributed by atoms with Crippen molar-refractivity contribution in [1.29, 1.82) is 0 Å². The van der Waals surface area contributed by atoms with E-state index in [9.17, 15) is 8.42 Å². The lowest BCUT2D eigenvalue weighted by molar-refractivity contribution is 0.415. The van der Waals surface area contributed by atoms with E-state index in [1.54, 1.807) is 37.6 Å². The fourth-order valence-electron chi connectivity index (χ4n) is 3.07. The number of rotatable bonds is 5. The Bertz CT molecular complexity index is 1290. The number of anilines is 1. The maximum absolute atomic E-state index is 12.7. The first-order valence-electron chi connectivity index (χ1n) is 8.80. The van der Waals surface area contributed by atoms with Gasteiger partial charge in [-0.15, -0.1) is 0 Å². The molecule has 0 bridgehead atoms. The Kier molecular flexibility index (Phi) is 4.85. The maximum atomic E-state index is 12.7. The van der Waals surface area contributed by atoms with Crippen LogP contribution in [0.2, 0.25) is 0 Å². The van der Waals surface area contributed by atoms with Crippen molar-refractivity contribution in [2.24, 2.45) is 0 Å². The number of aromatic nitrogens is 3. The van der Waals surface area contributed by atoms with E-state index >= 15 is 0 Å². The van der Waals surface area contributed by atoms with Crippen LogP contribution in [0, 0.1) is 6.92 Å². The van der Waals surface area contributed by atoms with Crippen molar-refractivity contribution >= 4 is 26.6 Å². The minimum atomic E-state index is -3.78. The Balaban J connectivity index is 1.79. The van der Waals surface area contributed by atoms with E-state index in [4.69, 9.17) is 4.74 Å². The number of nitrogens with one attached hydrogen (secondary N) is 1. The van der Waals surface area contributed by atoms with Crippen molar-refractivity contribution in [3.63, 3.8) is 0 Å². The fourth-order valence-corrected chi connectivity index (χ4v) is 4.11. The van der Waals surface area contributed by atoms with Gasteiger partial charge < -0.3 is 4.74 Å². The highest BCUT2D eigenvalue weighted by atomic mass is 32.2. The molecule has 4 rings (SSSR count). The van der Waals surface area contributed by atoms with Gasteiger partial charge in [0.2, 0.25) is 0 Å². The predicted molar refractivity (Wildman–Crippen MR) is 111 cm³/mol. The highest BCUT2D eigenvalue weighted by Gasteiger charge is 2.17. The molecule has 7 nitrogen and oxygen atoms in total. The van der Waals surface area contributed by atoms with Crippen LogP contribution in [0.5, 0.6) is 5.75 Å². The Labute approximate surface area is 168 Å². The number of benzene rings is 2. The fraction of sp³-hybridized carbons (Fsp3) is 0.0952. The summed E-state index contributed by atoms with van der Waals surface area (Å²) in [5.74, 6) is 0.945. The minimum absolute atomic E-state index is 0.142. The number of ether oxygens (including phenoxy) is 1. The third-order valence-electron chi connectivity index (χ3n) is 4.57. The summed E-state index contributed by atoms with van der Waals surface area (Å²) < 4.78 is 33.3. The van der Waals surface area contributed by atoms with Crippen LogP contribution in [-0.4, -0.2) is 30.5 Å². The molecule has 8 heteroatoms. The number of hydrogen-bond donors (Lipinski definition) is 1. The Morgan fingerprint density at radius 2 is 1.83 bits per heavy atom. The Morgan fingerprint density at radius 1 is 0.966 bits per heavy atom. The molecular weight excluding hydrogens is 388 g/mol. The molecule has 29 heavy (non-hydrogen) atoms. The summed E-state index contributed by atoms with van der Waals surface area (Å²) in [4.78, 5) is 12.4. The molecule has 0 saturated carbocycles. The van der Waals surface area contributed by atoms with Gasteiger partial charge in [0.05, 0.1) is 17.7 Å². The second-order valence-electron chi connectivity index (χ2n) is 6.42. The summed E-state index contributed by atoms with van der Waals surface area (Å²) in [6, 6.07) is 14.0. The summed E-state index contributed by atoms with van der Waals surface area (Å²) in [5.41, 5.74) is 2.75. The van der Waals surface area contributed by atoms with Crippen molar-refractivity contribution in [3.05, 3.63) is 72.8 Å². The zero-order chi connectivity index (χ0) is 20.4. The molecule has 0 amide bonds. The molecule has 2 heterocycles. The highest BCUT2D eigenvalue weighted by Crippen LogP contribution is 2.32. The van der Waals surface area contributed by atoms with E-state index in [0.717, 1.165) is 33.3 Å². The summed E-state index contributed by atoms with van der Waals surface area (Å²) in [7, 11) is -2.16. The molecule has 146 valence electrons. The number of aryl methyl sites for hydroxylation is 1. The first-order valence-corrected chi connectivity index (χ1v) is 10.3. The van der Waals surface area contributed by atoms with Crippen LogP contribution in [-0.2, 0) is 10.0 Å². The second-order valence-corrected chi connectivity index (χ2v) is 8.11. The SMILES string of the molecule is COc1ccc(C)c(-c2nccc3cc(S(=O)(=O)Nc4ccncn4)ccc23)c1. The van der Waals surface area contributed by atoms with Crippen molar-refractivity contribution in [2.45, 2.75) is 11.8 Å². The monoisotopic (exact) mass is 406 g/mol. The lowest BCUT2D eigenvalue weighted by Crippen LogP contribution is -2.13. The van der Waals surface area contributed by atoms with Gasteiger partial charge in [-0.2, -0.15) is 0 Å². The van der Waals surface area contributed by atoms with Gasteiger partial charge in [-0.05, 0) is 54.3 Å². The second kappa shape index (κ2) is 7.48. The van der Waals surface area contributed by atoms with Crippen LogP contribution in [0.4, 0.5) is 5.82 Å². The van der Waals surface area contributed by atoms with Gasteiger partial charge in [0.25, 0.3) is 10.0 Å². The third kappa shape index (κ3) is 3.74. The van der Waals surface area contributed by atoms with Gasteiger partial charge in [0.1, 0.15) is 17.9 Å². The van der Waals surface area contributed by atoms with Crippen molar-refractivity contribution in [1.82, 2.24) is 15.0 Å². The first kappa shape index (κ1) is 18.8. The van der Waals surface area contributed by atoms with Crippen LogP contribution in [0.25, 0.3) is 22.0 Å². The Hall–Kier alpha value is -3.52. The van der Waals surface area contributed by atoms with Gasteiger partial charge in [-0.1, -0.05) is 12.1 Å². The molecule has 1 N–H and O–H groups in total.